The number of nitrogens with two attached hydrogens (primary N) is 1. The highest BCUT2D eigenvalue weighted by atomic mass is 19.1. The minimum absolute atomic E-state index is 0.0107. The smallest absolute Gasteiger partial charge is 0.333 e. The number of aliphatic hydroxyl groups is 1. The highest BCUT2D eigenvalue weighted by molar-refractivity contribution is 5.72. The predicted octanol–water partition coefficient (Wildman–Crippen LogP) is 0.451. The van der Waals surface area contributed by atoms with E-state index < -0.39 is 36.2 Å². The summed E-state index contributed by atoms with van der Waals surface area (Å²) in [6.07, 6.45) is 2.76. The van der Waals surface area contributed by atoms with E-state index >= 15 is 0 Å². The van der Waals surface area contributed by atoms with Gasteiger partial charge in [0, 0.05) is 5.92 Å². The Bertz CT molecular complexity index is 886. The largest absolute Gasteiger partial charge is 0.390 e. The highest BCUT2D eigenvalue weighted by Gasteiger charge is 2.47. The van der Waals surface area contributed by atoms with Gasteiger partial charge in [0.1, 0.15) is 24.0 Å². The lowest BCUT2D eigenvalue weighted by molar-refractivity contribution is -0.0745. The van der Waals surface area contributed by atoms with E-state index in [2.05, 4.69) is 15.9 Å². The molecule has 0 spiro atoms. The van der Waals surface area contributed by atoms with Crippen molar-refractivity contribution in [1.82, 2.24) is 19.1 Å². The third-order valence-electron chi connectivity index (χ3n) is 4.59. The fourth-order valence-corrected chi connectivity index (χ4v) is 3.19. The topological polar surface area (TPSA) is 108 Å². The van der Waals surface area contributed by atoms with Crippen LogP contribution in [0.3, 0.4) is 0 Å². The summed E-state index contributed by atoms with van der Waals surface area (Å²) in [4.78, 5) is 20.8. The molecule has 9 heteroatoms. The molecule has 5 atom stereocenters. The van der Waals surface area contributed by atoms with E-state index in [1.165, 1.54) is 15.3 Å². The first kappa shape index (κ1) is 17.4. The standard InChI is InChI=1S/C16H20FN5O3/c1-4-6-21-9-7-19-15(18)20-13(9)22(16(21)24)14-8(3)11(17)12(25-14)10(23)5-2/h1,7-8,10-12,14,23H,5-6H2,2-3H3,(H2,18,19,20)/t8-,10+,11-,12-,14-/m1/s1. The van der Waals surface area contributed by atoms with Crippen molar-refractivity contribution >= 4 is 17.1 Å². The Morgan fingerprint density at radius 3 is 2.96 bits per heavy atom. The Balaban J connectivity index is 2.16. The van der Waals surface area contributed by atoms with Gasteiger partial charge in [-0.1, -0.05) is 19.8 Å². The van der Waals surface area contributed by atoms with Crippen molar-refractivity contribution in [2.45, 2.75) is 51.4 Å². The van der Waals surface area contributed by atoms with Gasteiger partial charge in [-0.15, -0.1) is 6.42 Å². The average Bonchev–Trinajstić information content (AvgIpc) is 3.02. The summed E-state index contributed by atoms with van der Waals surface area (Å²) >= 11 is 0. The first-order valence-corrected chi connectivity index (χ1v) is 8.05. The second-order valence-electron chi connectivity index (χ2n) is 6.15. The lowest BCUT2D eigenvalue weighted by atomic mass is 9.99. The average molecular weight is 349 g/mol. The third-order valence-corrected chi connectivity index (χ3v) is 4.59. The summed E-state index contributed by atoms with van der Waals surface area (Å²) in [5, 5.41) is 10.00. The summed E-state index contributed by atoms with van der Waals surface area (Å²) in [5.41, 5.74) is 5.78. The van der Waals surface area contributed by atoms with Crippen LogP contribution in [-0.2, 0) is 11.3 Å². The number of nitrogens with zero attached hydrogens (tertiary/aromatic N) is 4. The molecule has 25 heavy (non-hydrogen) atoms. The number of nitrogen functional groups attached to an aromatic ring is 1. The zero-order chi connectivity index (χ0) is 18.3. The molecule has 0 bridgehead atoms. The molecule has 2 aromatic heterocycles. The van der Waals surface area contributed by atoms with E-state index in [4.69, 9.17) is 16.9 Å². The molecule has 0 radical (unpaired) electrons. The second-order valence-corrected chi connectivity index (χ2v) is 6.15. The number of hydrogen-bond acceptors (Lipinski definition) is 6. The first-order valence-electron chi connectivity index (χ1n) is 8.05. The first-order chi connectivity index (χ1) is 11.9. The van der Waals surface area contributed by atoms with E-state index in [0.717, 1.165) is 0 Å². The fraction of sp³-hybridized carbons (Fsp3) is 0.562. The van der Waals surface area contributed by atoms with Crippen LogP contribution in [0.15, 0.2) is 11.0 Å². The third kappa shape index (κ3) is 2.67. The Morgan fingerprint density at radius 2 is 2.32 bits per heavy atom. The van der Waals surface area contributed by atoms with Gasteiger partial charge in [0.2, 0.25) is 5.95 Å². The minimum atomic E-state index is -1.42. The van der Waals surface area contributed by atoms with Crippen LogP contribution in [0.4, 0.5) is 10.3 Å². The number of imidazole rings is 1. The monoisotopic (exact) mass is 349 g/mol. The molecule has 0 unspecified atom stereocenters. The molecular weight excluding hydrogens is 329 g/mol. The summed E-state index contributed by atoms with van der Waals surface area (Å²) in [7, 11) is 0. The molecule has 3 rings (SSSR count). The van der Waals surface area contributed by atoms with Crippen molar-refractivity contribution < 1.29 is 14.2 Å². The van der Waals surface area contributed by atoms with Crippen molar-refractivity contribution in [3.8, 4) is 12.3 Å². The van der Waals surface area contributed by atoms with Crippen molar-refractivity contribution in [3.63, 3.8) is 0 Å². The van der Waals surface area contributed by atoms with Crippen LogP contribution < -0.4 is 11.4 Å². The molecule has 0 aromatic carbocycles. The number of fused-ring (bicyclic) bond motifs is 1. The lowest BCUT2D eigenvalue weighted by Crippen LogP contribution is -2.33. The number of hydrogen-bond donors (Lipinski definition) is 2. The highest BCUT2D eigenvalue weighted by Crippen LogP contribution is 2.38. The molecule has 134 valence electrons. The van der Waals surface area contributed by atoms with Crippen LogP contribution in [0.5, 0.6) is 0 Å². The molecule has 1 saturated heterocycles. The molecule has 3 N–H and O–H groups in total. The molecule has 1 fully saturated rings. The van der Waals surface area contributed by atoms with E-state index in [0.29, 0.717) is 11.9 Å². The molecule has 2 aromatic rings. The van der Waals surface area contributed by atoms with Crippen LogP contribution in [0.25, 0.3) is 11.2 Å². The number of halogens is 1. The number of rotatable bonds is 4. The molecule has 0 saturated carbocycles. The zero-order valence-corrected chi connectivity index (χ0v) is 14.0. The SMILES string of the molecule is C#CCn1c(=O)n([C@@H]2O[C@H]([C@@H](O)CC)[C@H](F)[C@H]2C)c2nc(N)ncc21. The number of alkyl halides is 1. The van der Waals surface area contributed by atoms with Gasteiger partial charge in [0.15, 0.2) is 5.65 Å². The molecule has 1 aliphatic heterocycles. The normalized spacial score (nSPS) is 27.5. The molecule has 0 amide bonds. The second kappa shape index (κ2) is 6.46. The number of aromatic nitrogens is 4. The van der Waals surface area contributed by atoms with Gasteiger partial charge in [-0.25, -0.2) is 18.7 Å². The van der Waals surface area contributed by atoms with Gasteiger partial charge in [-0.2, -0.15) is 4.98 Å². The van der Waals surface area contributed by atoms with Crippen LogP contribution >= 0.6 is 0 Å². The van der Waals surface area contributed by atoms with E-state index in [9.17, 15) is 14.3 Å². The predicted molar refractivity (Wildman–Crippen MR) is 89.3 cm³/mol. The Labute approximate surface area is 143 Å². The minimum Gasteiger partial charge on any atom is -0.390 e. The van der Waals surface area contributed by atoms with E-state index in [1.54, 1.807) is 13.8 Å². The summed E-state index contributed by atoms with van der Waals surface area (Å²) in [6, 6.07) is 0. The van der Waals surface area contributed by atoms with Crippen LogP contribution in [0, 0.1) is 18.3 Å². The van der Waals surface area contributed by atoms with Gasteiger partial charge < -0.3 is 15.6 Å². The summed E-state index contributed by atoms with van der Waals surface area (Å²) in [5.74, 6) is 1.72. The summed E-state index contributed by atoms with van der Waals surface area (Å²) < 4.78 is 22.9. The van der Waals surface area contributed by atoms with Crippen molar-refractivity contribution in [1.29, 1.82) is 0 Å². The summed E-state index contributed by atoms with van der Waals surface area (Å²) in [6.45, 7) is 3.37. The van der Waals surface area contributed by atoms with Crippen molar-refractivity contribution in [3.05, 3.63) is 16.7 Å². The van der Waals surface area contributed by atoms with Gasteiger partial charge in [0.25, 0.3) is 0 Å². The maximum absolute atomic E-state index is 14.6. The van der Waals surface area contributed by atoms with E-state index in [-0.39, 0.29) is 18.1 Å². The van der Waals surface area contributed by atoms with E-state index in [1.807, 2.05) is 0 Å². The Kier molecular flexibility index (Phi) is 4.49. The number of aliphatic hydroxyl groups excluding tert-OH is 1. The fourth-order valence-electron chi connectivity index (χ4n) is 3.19. The van der Waals surface area contributed by atoms with Crippen LogP contribution in [0.1, 0.15) is 26.5 Å². The lowest BCUT2D eigenvalue weighted by Gasteiger charge is -2.19. The van der Waals surface area contributed by atoms with Crippen molar-refractivity contribution in [2.24, 2.45) is 5.92 Å². The number of anilines is 1. The maximum Gasteiger partial charge on any atom is 0.333 e. The molecule has 8 nitrogen and oxygen atoms in total. The Hall–Kier alpha value is -2.44. The molecule has 1 aliphatic rings. The molecular formula is C16H20FN5O3. The number of ether oxygens (including phenoxy) is 1. The Morgan fingerprint density at radius 1 is 1.60 bits per heavy atom. The van der Waals surface area contributed by atoms with Crippen molar-refractivity contribution in [2.75, 3.05) is 5.73 Å². The van der Waals surface area contributed by atoms with Crippen LogP contribution in [-0.4, -0.2) is 42.6 Å². The quantitative estimate of drug-likeness (QED) is 0.776. The zero-order valence-electron chi connectivity index (χ0n) is 14.0. The molecule has 3 heterocycles. The van der Waals surface area contributed by atoms with Crippen LogP contribution in [0.2, 0.25) is 0 Å². The maximum atomic E-state index is 14.6. The van der Waals surface area contributed by atoms with Gasteiger partial charge >= 0.3 is 5.69 Å². The van der Waals surface area contributed by atoms with Gasteiger partial charge in [-0.05, 0) is 6.42 Å². The molecule has 0 aliphatic carbocycles. The van der Waals surface area contributed by atoms with Gasteiger partial charge in [0.05, 0.1) is 18.8 Å². The number of terminal acetylenes is 1. The van der Waals surface area contributed by atoms with Gasteiger partial charge in [-0.3, -0.25) is 4.57 Å².